The van der Waals surface area contributed by atoms with Crippen LogP contribution >= 0.6 is 11.8 Å². The summed E-state index contributed by atoms with van der Waals surface area (Å²) in [6, 6.07) is 4.97. The van der Waals surface area contributed by atoms with Gasteiger partial charge in [-0.1, -0.05) is 6.07 Å². The number of aromatic hydroxyl groups is 2. The number of hydrogen-bond acceptors (Lipinski definition) is 4. The summed E-state index contributed by atoms with van der Waals surface area (Å²) in [7, 11) is 0. The van der Waals surface area contributed by atoms with Gasteiger partial charge in [0, 0.05) is 6.54 Å². The van der Waals surface area contributed by atoms with Gasteiger partial charge in [0.05, 0.1) is 0 Å². The standard InChI is InChI=1S/C13H19NO2S/c15-12-2-1-11(7-13(12)16)9-14-8-10-3-5-17-6-4-10/h1-2,7,10,14-16H,3-6,8-9H2. The zero-order valence-corrected chi connectivity index (χ0v) is 10.7. The summed E-state index contributed by atoms with van der Waals surface area (Å²) in [5, 5.41) is 22.0. The van der Waals surface area contributed by atoms with Gasteiger partial charge in [-0.25, -0.2) is 0 Å². The number of hydrogen-bond donors (Lipinski definition) is 3. The van der Waals surface area contributed by atoms with Gasteiger partial charge in [0.25, 0.3) is 0 Å². The molecule has 0 unspecified atom stereocenters. The summed E-state index contributed by atoms with van der Waals surface area (Å²) in [5.41, 5.74) is 1.01. The molecule has 17 heavy (non-hydrogen) atoms. The van der Waals surface area contributed by atoms with Crippen LogP contribution in [0.2, 0.25) is 0 Å². The molecule has 1 aliphatic heterocycles. The Hall–Kier alpha value is -0.870. The summed E-state index contributed by atoms with van der Waals surface area (Å²) in [4.78, 5) is 0. The van der Waals surface area contributed by atoms with E-state index in [4.69, 9.17) is 0 Å². The van der Waals surface area contributed by atoms with Crippen LogP contribution in [0.15, 0.2) is 18.2 Å². The fourth-order valence-electron chi connectivity index (χ4n) is 2.05. The van der Waals surface area contributed by atoms with E-state index in [0.717, 1.165) is 24.6 Å². The number of nitrogens with one attached hydrogen (secondary N) is 1. The lowest BCUT2D eigenvalue weighted by Gasteiger charge is -2.21. The van der Waals surface area contributed by atoms with Crippen LogP contribution in [0, 0.1) is 5.92 Å². The molecular formula is C13H19NO2S. The molecule has 1 heterocycles. The third-order valence-electron chi connectivity index (χ3n) is 3.14. The van der Waals surface area contributed by atoms with Crippen molar-refractivity contribution in [3.05, 3.63) is 23.8 Å². The van der Waals surface area contributed by atoms with Gasteiger partial charge in [-0.2, -0.15) is 11.8 Å². The normalized spacial score (nSPS) is 17.2. The first-order valence-electron chi connectivity index (χ1n) is 6.05. The summed E-state index contributed by atoms with van der Waals surface area (Å²) in [6.07, 6.45) is 2.61. The maximum absolute atomic E-state index is 9.37. The Balaban J connectivity index is 1.75. The van der Waals surface area contributed by atoms with E-state index in [-0.39, 0.29) is 11.5 Å². The molecule has 0 atom stereocenters. The molecule has 0 radical (unpaired) electrons. The molecule has 0 aromatic heterocycles. The third-order valence-corrected chi connectivity index (χ3v) is 4.19. The van der Waals surface area contributed by atoms with E-state index < -0.39 is 0 Å². The molecule has 3 N–H and O–H groups in total. The topological polar surface area (TPSA) is 52.5 Å². The van der Waals surface area contributed by atoms with Crippen LogP contribution in [-0.4, -0.2) is 28.3 Å². The monoisotopic (exact) mass is 253 g/mol. The van der Waals surface area contributed by atoms with Crippen LogP contribution < -0.4 is 5.32 Å². The highest BCUT2D eigenvalue weighted by molar-refractivity contribution is 7.99. The second kappa shape index (κ2) is 6.17. The Kier molecular flexibility index (Phi) is 4.57. The molecule has 0 aliphatic carbocycles. The predicted octanol–water partition coefficient (Wildman–Crippen LogP) is 2.33. The summed E-state index contributed by atoms with van der Waals surface area (Å²) in [5.74, 6) is 3.26. The van der Waals surface area contributed by atoms with Gasteiger partial charge < -0.3 is 15.5 Å². The number of phenols is 2. The molecule has 0 saturated carbocycles. The molecule has 0 bridgehead atoms. The Morgan fingerprint density at radius 3 is 2.65 bits per heavy atom. The van der Waals surface area contributed by atoms with Gasteiger partial charge >= 0.3 is 0 Å². The average molecular weight is 253 g/mol. The predicted molar refractivity (Wildman–Crippen MR) is 71.5 cm³/mol. The highest BCUT2D eigenvalue weighted by atomic mass is 32.2. The van der Waals surface area contributed by atoms with Gasteiger partial charge in [0.2, 0.25) is 0 Å². The van der Waals surface area contributed by atoms with Crippen molar-refractivity contribution < 1.29 is 10.2 Å². The van der Waals surface area contributed by atoms with E-state index in [2.05, 4.69) is 5.32 Å². The van der Waals surface area contributed by atoms with Crippen LogP contribution in [0.4, 0.5) is 0 Å². The molecule has 2 rings (SSSR count). The number of phenolic OH excluding ortho intramolecular Hbond substituents is 2. The van der Waals surface area contributed by atoms with Crippen molar-refractivity contribution in [3.63, 3.8) is 0 Å². The lowest BCUT2D eigenvalue weighted by molar-refractivity contribution is 0.402. The van der Waals surface area contributed by atoms with E-state index >= 15 is 0 Å². The zero-order chi connectivity index (χ0) is 12.1. The summed E-state index contributed by atoms with van der Waals surface area (Å²) in [6.45, 7) is 1.79. The van der Waals surface area contributed by atoms with Crippen molar-refractivity contribution >= 4 is 11.8 Å². The number of benzene rings is 1. The summed E-state index contributed by atoms with van der Waals surface area (Å²) >= 11 is 2.04. The lowest BCUT2D eigenvalue weighted by Crippen LogP contribution is -2.25. The Labute approximate surface area is 106 Å². The fourth-order valence-corrected chi connectivity index (χ4v) is 3.25. The molecule has 0 amide bonds. The molecule has 0 spiro atoms. The first kappa shape index (κ1) is 12.6. The molecule has 4 heteroatoms. The smallest absolute Gasteiger partial charge is 0.157 e. The maximum atomic E-state index is 9.37. The van der Waals surface area contributed by atoms with Crippen molar-refractivity contribution in [2.75, 3.05) is 18.1 Å². The lowest BCUT2D eigenvalue weighted by atomic mass is 10.0. The second-order valence-electron chi connectivity index (χ2n) is 4.51. The van der Waals surface area contributed by atoms with Gasteiger partial charge in [0.15, 0.2) is 11.5 Å². The molecule has 1 aromatic rings. The second-order valence-corrected chi connectivity index (χ2v) is 5.73. The van der Waals surface area contributed by atoms with Crippen molar-refractivity contribution in [2.45, 2.75) is 19.4 Å². The van der Waals surface area contributed by atoms with Crippen molar-refractivity contribution in [3.8, 4) is 11.5 Å². The molecule has 1 saturated heterocycles. The van der Waals surface area contributed by atoms with Crippen LogP contribution in [0.1, 0.15) is 18.4 Å². The zero-order valence-electron chi connectivity index (χ0n) is 9.85. The molecule has 1 aliphatic rings. The SMILES string of the molecule is Oc1ccc(CNCC2CCSCC2)cc1O. The third kappa shape index (κ3) is 3.82. The summed E-state index contributed by atoms with van der Waals surface area (Å²) < 4.78 is 0. The first-order valence-corrected chi connectivity index (χ1v) is 7.20. The van der Waals surface area contributed by atoms with E-state index in [0.29, 0.717) is 0 Å². The molecule has 3 nitrogen and oxygen atoms in total. The minimum Gasteiger partial charge on any atom is -0.504 e. The molecule has 94 valence electrons. The first-order chi connectivity index (χ1) is 8.25. The van der Waals surface area contributed by atoms with Gasteiger partial charge in [-0.3, -0.25) is 0 Å². The Morgan fingerprint density at radius 1 is 1.18 bits per heavy atom. The molecule has 1 aromatic carbocycles. The van der Waals surface area contributed by atoms with E-state index in [1.165, 1.54) is 30.4 Å². The Morgan fingerprint density at radius 2 is 1.94 bits per heavy atom. The van der Waals surface area contributed by atoms with Crippen molar-refractivity contribution in [1.82, 2.24) is 5.32 Å². The van der Waals surface area contributed by atoms with Gasteiger partial charge in [0.1, 0.15) is 0 Å². The van der Waals surface area contributed by atoms with Crippen molar-refractivity contribution in [1.29, 1.82) is 0 Å². The van der Waals surface area contributed by atoms with Crippen LogP contribution in [0.5, 0.6) is 11.5 Å². The largest absolute Gasteiger partial charge is 0.504 e. The molecular weight excluding hydrogens is 234 g/mol. The fraction of sp³-hybridized carbons (Fsp3) is 0.538. The van der Waals surface area contributed by atoms with E-state index in [1.54, 1.807) is 6.07 Å². The van der Waals surface area contributed by atoms with Crippen LogP contribution in [-0.2, 0) is 6.54 Å². The maximum Gasteiger partial charge on any atom is 0.157 e. The minimum absolute atomic E-state index is 0.0432. The quantitative estimate of drug-likeness (QED) is 0.721. The van der Waals surface area contributed by atoms with Crippen LogP contribution in [0.3, 0.4) is 0 Å². The van der Waals surface area contributed by atoms with Gasteiger partial charge in [-0.05, 0) is 54.5 Å². The average Bonchev–Trinajstić information content (AvgIpc) is 2.35. The van der Waals surface area contributed by atoms with Crippen molar-refractivity contribution in [2.24, 2.45) is 5.92 Å². The minimum atomic E-state index is -0.0574. The van der Waals surface area contributed by atoms with Crippen LogP contribution in [0.25, 0.3) is 0 Å². The number of thioether (sulfide) groups is 1. The number of rotatable bonds is 4. The highest BCUT2D eigenvalue weighted by Crippen LogP contribution is 2.25. The van der Waals surface area contributed by atoms with E-state index in [9.17, 15) is 10.2 Å². The molecule has 1 fully saturated rings. The highest BCUT2D eigenvalue weighted by Gasteiger charge is 2.12. The van der Waals surface area contributed by atoms with Gasteiger partial charge in [-0.15, -0.1) is 0 Å². The Bertz CT molecular complexity index is 364. The van der Waals surface area contributed by atoms with E-state index in [1.807, 2.05) is 17.8 Å².